The van der Waals surface area contributed by atoms with Crippen molar-refractivity contribution in [1.29, 1.82) is 0 Å². The molecule has 1 aromatic rings. The average molecular weight is 419 g/mol. The molecule has 0 N–H and O–H groups in total. The van der Waals surface area contributed by atoms with Gasteiger partial charge in [0.25, 0.3) is 0 Å². The van der Waals surface area contributed by atoms with Gasteiger partial charge < -0.3 is 4.74 Å². The largest absolute Gasteiger partial charge is 0.496 e. The summed E-state index contributed by atoms with van der Waals surface area (Å²) in [7, 11) is 1.77. The molecule has 4 bridgehead atoms. The van der Waals surface area contributed by atoms with E-state index in [0.717, 1.165) is 46.5 Å². The third kappa shape index (κ3) is 3.22. The minimum absolute atomic E-state index is 0.908. The van der Waals surface area contributed by atoms with Gasteiger partial charge in [-0.3, -0.25) is 9.80 Å². The van der Waals surface area contributed by atoms with Gasteiger partial charge in [-0.15, -0.1) is 0 Å². The van der Waals surface area contributed by atoms with E-state index >= 15 is 0 Å². The summed E-state index contributed by atoms with van der Waals surface area (Å²) < 4.78 is 6.70. The van der Waals surface area contributed by atoms with Crippen LogP contribution in [0.2, 0.25) is 0 Å². The highest BCUT2D eigenvalue weighted by Gasteiger charge is 2.50. The summed E-state index contributed by atoms with van der Waals surface area (Å²) in [4.78, 5) is 5.48. The fourth-order valence-corrected chi connectivity index (χ4v) is 7.23. The van der Waals surface area contributed by atoms with Crippen molar-refractivity contribution in [2.24, 2.45) is 23.7 Å². The van der Waals surface area contributed by atoms with Gasteiger partial charge in [-0.25, -0.2) is 0 Å². The second-order valence-corrected chi connectivity index (χ2v) is 10.1. The second-order valence-electron chi connectivity index (χ2n) is 9.19. The molecule has 5 fully saturated rings. The third-order valence-corrected chi connectivity index (χ3v) is 8.14. The Hall–Kier alpha value is -0.580. The lowest BCUT2D eigenvalue weighted by atomic mass is 9.54. The summed E-state index contributed by atoms with van der Waals surface area (Å²) in [6, 6.07) is 7.25. The molecule has 0 atom stereocenters. The van der Waals surface area contributed by atoms with E-state index in [1.807, 2.05) is 0 Å². The van der Waals surface area contributed by atoms with Crippen molar-refractivity contribution in [3.63, 3.8) is 0 Å². The summed E-state index contributed by atoms with van der Waals surface area (Å²) in [5, 5.41) is 0. The van der Waals surface area contributed by atoms with Gasteiger partial charge in [-0.2, -0.15) is 0 Å². The van der Waals surface area contributed by atoms with Crippen LogP contribution in [-0.4, -0.2) is 49.1 Å². The van der Waals surface area contributed by atoms with E-state index in [1.165, 1.54) is 57.4 Å². The quantitative estimate of drug-likeness (QED) is 0.720. The van der Waals surface area contributed by atoms with E-state index in [2.05, 4.69) is 43.9 Å². The first-order chi connectivity index (χ1) is 12.7. The third-order valence-electron chi connectivity index (χ3n) is 7.64. The number of methoxy groups -OCH3 is 1. The molecular formula is C22H31BrN2O. The average Bonchev–Trinajstić information content (AvgIpc) is 2.62. The van der Waals surface area contributed by atoms with Crippen LogP contribution in [0.5, 0.6) is 5.75 Å². The standard InChI is InChI=1S/C22H31BrN2O/c1-26-21-3-2-20(23)13-19(21)14-24-4-6-25(7-5-24)22-17-9-15-8-16(11-17)12-18(22)10-15/h2-3,13,15-18,22H,4-12,14H2,1H3. The Morgan fingerprint density at radius 3 is 2.23 bits per heavy atom. The maximum Gasteiger partial charge on any atom is 0.123 e. The van der Waals surface area contributed by atoms with Crippen LogP contribution in [-0.2, 0) is 6.54 Å². The maximum atomic E-state index is 5.56. The Labute approximate surface area is 166 Å². The zero-order valence-electron chi connectivity index (χ0n) is 15.9. The monoisotopic (exact) mass is 418 g/mol. The predicted octanol–water partition coefficient (Wildman–Crippen LogP) is 4.40. The van der Waals surface area contributed by atoms with Crippen molar-refractivity contribution in [2.45, 2.75) is 44.7 Å². The van der Waals surface area contributed by atoms with E-state index in [9.17, 15) is 0 Å². The summed E-state index contributed by atoms with van der Waals surface area (Å²) in [5.74, 6) is 5.21. The van der Waals surface area contributed by atoms with E-state index in [1.54, 1.807) is 13.5 Å². The zero-order valence-corrected chi connectivity index (χ0v) is 17.5. The number of ether oxygens (including phenoxy) is 1. The molecule has 4 aliphatic carbocycles. The van der Waals surface area contributed by atoms with E-state index in [4.69, 9.17) is 4.74 Å². The van der Waals surface area contributed by atoms with Crippen molar-refractivity contribution >= 4 is 15.9 Å². The molecule has 142 valence electrons. The lowest BCUT2D eigenvalue weighted by molar-refractivity contribution is -0.0769. The van der Waals surface area contributed by atoms with Crippen molar-refractivity contribution in [3.05, 3.63) is 28.2 Å². The van der Waals surface area contributed by atoms with Crippen molar-refractivity contribution < 1.29 is 4.74 Å². The molecule has 3 nitrogen and oxygen atoms in total. The molecule has 4 saturated carbocycles. The number of hydrogen-bond donors (Lipinski definition) is 0. The first-order valence-corrected chi connectivity index (χ1v) is 11.3. The highest BCUT2D eigenvalue weighted by atomic mass is 79.9. The van der Waals surface area contributed by atoms with Gasteiger partial charge in [-0.1, -0.05) is 15.9 Å². The number of benzene rings is 1. The van der Waals surface area contributed by atoms with E-state index < -0.39 is 0 Å². The highest BCUT2D eigenvalue weighted by Crippen LogP contribution is 2.55. The van der Waals surface area contributed by atoms with Crippen molar-refractivity contribution in [1.82, 2.24) is 9.80 Å². The molecule has 0 aromatic heterocycles. The number of rotatable bonds is 4. The van der Waals surface area contributed by atoms with Crippen LogP contribution in [0.3, 0.4) is 0 Å². The summed E-state index contributed by atoms with van der Waals surface area (Å²) in [5.41, 5.74) is 1.30. The first-order valence-electron chi connectivity index (χ1n) is 10.5. The Bertz CT molecular complexity index is 628. The zero-order chi connectivity index (χ0) is 17.7. The van der Waals surface area contributed by atoms with Crippen LogP contribution in [0.4, 0.5) is 0 Å². The molecule has 4 heteroatoms. The molecule has 26 heavy (non-hydrogen) atoms. The number of hydrogen-bond acceptors (Lipinski definition) is 3. The van der Waals surface area contributed by atoms with Gasteiger partial charge in [0.1, 0.15) is 5.75 Å². The minimum atomic E-state index is 0.908. The lowest BCUT2D eigenvalue weighted by Gasteiger charge is -2.58. The molecule has 1 heterocycles. The molecule has 1 aliphatic heterocycles. The molecule has 1 saturated heterocycles. The van der Waals surface area contributed by atoms with E-state index in [0.29, 0.717) is 0 Å². The minimum Gasteiger partial charge on any atom is -0.496 e. The van der Waals surface area contributed by atoms with Gasteiger partial charge in [0, 0.05) is 48.8 Å². The van der Waals surface area contributed by atoms with Crippen molar-refractivity contribution in [2.75, 3.05) is 33.3 Å². The summed E-state index contributed by atoms with van der Waals surface area (Å²) >= 11 is 3.61. The molecule has 0 amide bonds. The topological polar surface area (TPSA) is 15.7 Å². The molecule has 0 unspecified atom stereocenters. The Kier molecular flexibility index (Phi) is 4.79. The van der Waals surface area contributed by atoms with Crippen LogP contribution in [0, 0.1) is 23.7 Å². The summed E-state index contributed by atoms with van der Waals surface area (Å²) in [6.07, 6.45) is 7.70. The highest BCUT2D eigenvalue weighted by molar-refractivity contribution is 9.10. The Morgan fingerprint density at radius 2 is 1.62 bits per heavy atom. The summed E-state index contributed by atoms with van der Waals surface area (Å²) in [6.45, 7) is 5.89. The van der Waals surface area contributed by atoms with Crippen molar-refractivity contribution in [3.8, 4) is 5.75 Å². The van der Waals surface area contributed by atoms with E-state index in [-0.39, 0.29) is 0 Å². The van der Waals surface area contributed by atoms with Gasteiger partial charge in [0.15, 0.2) is 0 Å². The van der Waals surface area contributed by atoms with Crippen LogP contribution < -0.4 is 4.74 Å². The Balaban J connectivity index is 1.21. The van der Waals surface area contributed by atoms with Gasteiger partial charge in [0.2, 0.25) is 0 Å². The number of piperazine rings is 1. The molecule has 0 radical (unpaired) electrons. The van der Waals surface area contributed by atoms with Gasteiger partial charge >= 0.3 is 0 Å². The van der Waals surface area contributed by atoms with Gasteiger partial charge in [-0.05, 0) is 74.0 Å². The molecule has 5 aliphatic rings. The second kappa shape index (κ2) is 7.10. The van der Waals surface area contributed by atoms with Gasteiger partial charge in [0.05, 0.1) is 7.11 Å². The molecule has 1 aromatic carbocycles. The predicted molar refractivity (Wildman–Crippen MR) is 108 cm³/mol. The first kappa shape index (κ1) is 17.5. The van der Waals surface area contributed by atoms with Crippen LogP contribution in [0.25, 0.3) is 0 Å². The fraction of sp³-hybridized carbons (Fsp3) is 0.727. The fourth-order valence-electron chi connectivity index (χ4n) is 6.82. The Morgan fingerprint density at radius 1 is 0.962 bits per heavy atom. The van der Waals surface area contributed by atoms with Crippen LogP contribution >= 0.6 is 15.9 Å². The molecule has 0 spiro atoms. The van der Waals surface area contributed by atoms with Crippen LogP contribution in [0.15, 0.2) is 22.7 Å². The normalized spacial score (nSPS) is 37.2. The molecular weight excluding hydrogens is 388 g/mol. The lowest BCUT2D eigenvalue weighted by Crippen LogP contribution is -2.60. The maximum absolute atomic E-state index is 5.56. The number of nitrogens with zero attached hydrogens (tertiary/aromatic N) is 2. The van der Waals surface area contributed by atoms with Crippen LogP contribution in [0.1, 0.15) is 37.7 Å². The smallest absolute Gasteiger partial charge is 0.123 e. The number of halogens is 1. The molecule has 6 rings (SSSR count). The SMILES string of the molecule is COc1ccc(Br)cc1CN1CCN(C2C3CC4CC(C3)CC2C4)CC1.